The van der Waals surface area contributed by atoms with E-state index in [0.29, 0.717) is 16.6 Å². The molecule has 0 bridgehead atoms. The van der Waals surface area contributed by atoms with Gasteiger partial charge in [-0.2, -0.15) is 0 Å². The Bertz CT molecular complexity index is 1030. The fourth-order valence-corrected chi connectivity index (χ4v) is 2.40. The number of H-pyrrole nitrogens is 2. The first-order valence-electron chi connectivity index (χ1n) is 7.09. The lowest BCUT2D eigenvalue weighted by molar-refractivity contribution is 0.102. The van der Waals surface area contributed by atoms with Gasteiger partial charge in [-0.3, -0.25) is 14.4 Å². The van der Waals surface area contributed by atoms with Gasteiger partial charge in [0, 0.05) is 11.3 Å². The summed E-state index contributed by atoms with van der Waals surface area (Å²) in [7, 11) is 0. The van der Waals surface area contributed by atoms with E-state index < -0.39 is 11.1 Å². The van der Waals surface area contributed by atoms with Gasteiger partial charge in [0.2, 0.25) is 0 Å². The number of benzene rings is 2. The minimum Gasteiger partial charge on any atom is -0.322 e. The molecule has 0 atom stereocenters. The molecule has 23 heavy (non-hydrogen) atoms. The van der Waals surface area contributed by atoms with E-state index in [4.69, 9.17) is 0 Å². The van der Waals surface area contributed by atoms with Crippen LogP contribution < -0.4 is 16.4 Å². The zero-order valence-electron chi connectivity index (χ0n) is 12.7. The monoisotopic (exact) mass is 309 g/mol. The molecule has 0 aliphatic rings. The molecule has 3 N–H and O–H groups in total. The highest BCUT2D eigenvalue weighted by Crippen LogP contribution is 2.18. The molecule has 0 radical (unpaired) electrons. The predicted octanol–water partition coefficient (Wildman–Crippen LogP) is 2.09. The highest BCUT2D eigenvalue weighted by molar-refractivity contribution is 6.06. The van der Waals surface area contributed by atoms with E-state index in [1.807, 2.05) is 32.0 Å². The van der Waals surface area contributed by atoms with Crippen LogP contribution in [0.1, 0.15) is 21.5 Å². The largest absolute Gasteiger partial charge is 0.322 e. The van der Waals surface area contributed by atoms with Crippen molar-refractivity contribution in [3.05, 3.63) is 73.8 Å². The second kappa shape index (κ2) is 5.57. The summed E-state index contributed by atoms with van der Waals surface area (Å²) in [5.41, 5.74) is 2.62. The van der Waals surface area contributed by atoms with E-state index in [1.165, 1.54) is 6.07 Å². The highest BCUT2D eigenvalue weighted by Gasteiger charge is 2.09. The number of rotatable bonds is 2. The molecule has 6 nitrogen and oxygen atoms in total. The van der Waals surface area contributed by atoms with Gasteiger partial charge in [0.15, 0.2) is 0 Å². The molecule has 1 amide bonds. The number of hydrogen-bond donors (Lipinski definition) is 3. The lowest BCUT2D eigenvalue weighted by Gasteiger charge is -2.09. The molecule has 1 heterocycles. The Labute approximate surface area is 131 Å². The molecular weight excluding hydrogens is 294 g/mol. The summed E-state index contributed by atoms with van der Waals surface area (Å²) in [4.78, 5) is 39.9. The van der Waals surface area contributed by atoms with Gasteiger partial charge in [0.25, 0.3) is 5.91 Å². The molecule has 2 aromatic carbocycles. The van der Waals surface area contributed by atoms with E-state index in [1.54, 1.807) is 12.1 Å². The number of aryl methyl sites for hydroxylation is 2. The fourth-order valence-electron chi connectivity index (χ4n) is 2.40. The van der Waals surface area contributed by atoms with Crippen molar-refractivity contribution in [3.63, 3.8) is 0 Å². The van der Waals surface area contributed by atoms with Crippen LogP contribution >= 0.6 is 0 Å². The van der Waals surface area contributed by atoms with Crippen molar-refractivity contribution in [1.82, 2.24) is 9.97 Å². The number of carbonyl (C=O) groups is 1. The van der Waals surface area contributed by atoms with Crippen LogP contribution in [0.15, 0.2) is 46.0 Å². The van der Waals surface area contributed by atoms with E-state index >= 15 is 0 Å². The van der Waals surface area contributed by atoms with Crippen molar-refractivity contribution in [2.75, 3.05) is 5.32 Å². The molecule has 0 aliphatic heterocycles. The Morgan fingerprint density at radius 2 is 1.61 bits per heavy atom. The predicted molar refractivity (Wildman–Crippen MR) is 89.1 cm³/mol. The number of nitrogens with one attached hydrogen (secondary N) is 3. The van der Waals surface area contributed by atoms with Crippen molar-refractivity contribution in [1.29, 1.82) is 0 Å². The molecule has 0 saturated heterocycles. The average Bonchev–Trinajstić information content (AvgIpc) is 2.50. The van der Waals surface area contributed by atoms with Crippen LogP contribution in [0.3, 0.4) is 0 Å². The number of carbonyl (C=O) groups excluding carboxylic acids is 1. The molecule has 0 spiro atoms. The topological polar surface area (TPSA) is 94.8 Å². The number of hydrogen-bond acceptors (Lipinski definition) is 3. The van der Waals surface area contributed by atoms with Gasteiger partial charge in [-0.1, -0.05) is 17.7 Å². The molecule has 0 unspecified atom stereocenters. The molecule has 1 aromatic heterocycles. The Hall–Kier alpha value is -3.15. The maximum Gasteiger partial charge on any atom is 0.314 e. The minimum atomic E-state index is -0.746. The van der Waals surface area contributed by atoms with Crippen LogP contribution in [-0.4, -0.2) is 15.9 Å². The summed E-state index contributed by atoms with van der Waals surface area (Å²) in [5.74, 6) is -0.286. The van der Waals surface area contributed by atoms with Gasteiger partial charge in [0.05, 0.1) is 11.0 Å². The lowest BCUT2D eigenvalue weighted by Crippen LogP contribution is -2.29. The highest BCUT2D eigenvalue weighted by atomic mass is 16.2. The van der Waals surface area contributed by atoms with Crippen molar-refractivity contribution >= 4 is 22.6 Å². The smallest absolute Gasteiger partial charge is 0.314 e. The maximum absolute atomic E-state index is 12.4. The number of anilines is 1. The first-order valence-corrected chi connectivity index (χ1v) is 7.09. The van der Waals surface area contributed by atoms with Crippen LogP contribution in [0.4, 0.5) is 5.69 Å². The third-order valence-corrected chi connectivity index (χ3v) is 3.61. The Balaban J connectivity index is 1.96. The fraction of sp³-hybridized carbons (Fsp3) is 0.118. The summed E-state index contributed by atoms with van der Waals surface area (Å²) in [5, 5.41) is 2.84. The summed E-state index contributed by atoms with van der Waals surface area (Å²) in [6.07, 6.45) is 0. The molecule has 3 rings (SSSR count). The average molecular weight is 309 g/mol. The second-order valence-corrected chi connectivity index (χ2v) is 5.44. The van der Waals surface area contributed by atoms with Crippen LogP contribution in [0.5, 0.6) is 0 Å². The molecule has 3 aromatic rings. The van der Waals surface area contributed by atoms with Crippen molar-refractivity contribution in [2.45, 2.75) is 13.8 Å². The normalized spacial score (nSPS) is 10.7. The van der Waals surface area contributed by atoms with Gasteiger partial charge in [-0.15, -0.1) is 0 Å². The van der Waals surface area contributed by atoms with Crippen molar-refractivity contribution in [3.8, 4) is 0 Å². The third kappa shape index (κ3) is 2.91. The molecule has 0 saturated carbocycles. The van der Waals surface area contributed by atoms with Crippen LogP contribution in [0, 0.1) is 13.8 Å². The first kappa shape index (κ1) is 14.8. The third-order valence-electron chi connectivity index (χ3n) is 3.61. The van der Waals surface area contributed by atoms with Gasteiger partial charge in [-0.05, 0) is 43.7 Å². The number of amides is 1. The van der Waals surface area contributed by atoms with Gasteiger partial charge >= 0.3 is 11.1 Å². The van der Waals surface area contributed by atoms with Gasteiger partial charge in [0.1, 0.15) is 0 Å². The van der Waals surface area contributed by atoms with Crippen LogP contribution in [0.2, 0.25) is 0 Å². The maximum atomic E-state index is 12.4. The summed E-state index contributed by atoms with van der Waals surface area (Å²) in [6, 6.07) is 10.5. The quantitative estimate of drug-likeness (QED) is 0.633. The van der Waals surface area contributed by atoms with Gasteiger partial charge in [-0.25, -0.2) is 0 Å². The van der Waals surface area contributed by atoms with Crippen molar-refractivity contribution in [2.24, 2.45) is 0 Å². The SMILES string of the molecule is Cc1ccc(NC(=O)c2ccc3[nH]c(=O)c(=O)[nH]c3c2)c(C)c1. The van der Waals surface area contributed by atoms with E-state index in [2.05, 4.69) is 15.3 Å². The summed E-state index contributed by atoms with van der Waals surface area (Å²) >= 11 is 0. The summed E-state index contributed by atoms with van der Waals surface area (Å²) < 4.78 is 0. The number of fused-ring (bicyclic) bond motifs is 1. The molecule has 6 heteroatoms. The summed E-state index contributed by atoms with van der Waals surface area (Å²) in [6.45, 7) is 3.91. The van der Waals surface area contributed by atoms with Crippen LogP contribution in [-0.2, 0) is 0 Å². The van der Waals surface area contributed by atoms with Crippen molar-refractivity contribution < 1.29 is 4.79 Å². The first-order chi connectivity index (χ1) is 10.9. The Kier molecular flexibility index (Phi) is 3.57. The standard InChI is InChI=1S/C17H15N3O3/c1-9-3-5-12(10(2)7-9)18-15(21)11-4-6-13-14(8-11)20-17(23)16(22)19-13/h3-8H,1-2H3,(H,18,21)(H,19,22)(H,20,23). The lowest BCUT2D eigenvalue weighted by atomic mass is 10.1. The number of aromatic amines is 2. The van der Waals surface area contributed by atoms with E-state index in [-0.39, 0.29) is 5.91 Å². The zero-order valence-corrected chi connectivity index (χ0v) is 12.7. The van der Waals surface area contributed by atoms with Gasteiger partial charge < -0.3 is 15.3 Å². The minimum absolute atomic E-state index is 0.286. The Morgan fingerprint density at radius 1 is 0.913 bits per heavy atom. The second-order valence-electron chi connectivity index (χ2n) is 5.44. The molecule has 0 fully saturated rings. The number of aromatic nitrogens is 2. The van der Waals surface area contributed by atoms with E-state index in [9.17, 15) is 14.4 Å². The van der Waals surface area contributed by atoms with Crippen LogP contribution in [0.25, 0.3) is 11.0 Å². The molecule has 116 valence electrons. The van der Waals surface area contributed by atoms with E-state index in [0.717, 1.165) is 16.8 Å². The Morgan fingerprint density at radius 3 is 2.30 bits per heavy atom. The molecule has 0 aliphatic carbocycles. The zero-order chi connectivity index (χ0) is 16.6. The molecular formula is C17H15N3O3.